The average molecular weight is 443 g/mol. The van der Waals surface area contributed by atoms with Crippen LogP contribution in [0.25, 0.3) is 0 Å². The molecule has 2 aromatic carbocycles. The Hall–Kier alpha value is -1.30. The van der Waals surface area contributed by atoms with Crippen LogP contribution in [0.3, 0.4) is 0 Å². The predicted octanol–water partition coefficient (Wildman–Crippen LogP) is 7.11. The van der Waals surface area contributed by atoms with Crippen molar-refractivity contribution in [3.05, 3.63) is 78.6 Å². The molecule has 26 heavy (non-hydrogen) atoms. The van der Waals surface area contributed by atoms with E-state index in [4.69, 9.17) is 51.5 Å². The van der Waals surface area contributed by atoms with E-state index >= 15 is 0 Å². The Labute approximate surface area is 174 Å². The molecule has 0 N–H and O–H groups in total. The molecule has 0 saturated carbocycles. The molecule has 0 radical (unpaired) electrons. The smallest absolute Gasteiger partial charge is 0.185 e. The summed E-state index contributed by atoms with van der Waals surface area (Å²) in [5.41, 5.74) is 2.80. The first-order valence-electron chi connectivity index (χ1n) is 7.71. The van der Waals surface area contributed by atoms with E-state index in [1.807, 2.05) is 47.5 Å². The Morgan fingerprint density at radius 1 is 0.962 bits per heavy atom. The number of halogens is 4. The van der Waals surface area contributed by atoms with Crippen molar-refractivity contribution < 1.29 is 0 Å². The molecule has 0 aliphatic carbocycles. The van der Waals surface area contributed by atoms with Crippen molar-refractivity contribution in [2.75, 3.05) is 5.01 Å². The summed E-state index contributed by atoms with van der Waals surface area (Å²) in [6.07, 6.45) is 0.673. The molecule has 0 spiro atoms. The van der Waals surface area contributed by atoms with Crippen LogP contribution in [0.5, 0.6) is 0 Å². The molecule has 1 unspecified atom stereocenters. The van der Waals surface area contributed by atoms with Gasteiger partial charge in [-0.05, 0) is 23.8 Å². The minimum absolute atomic E-state index is 0.128. The molecule has 2 heterocycles. The van der Waals surface area contributed by atoms with Gasteiger partial charge in [0.15, 0.2) is 4.47 Å². The van der Waals surface area contributed by atoms with Crippen LogP contribution in [0, 0.1) is 0 Å². The lowest BCUT2D eigenvalue weighted by Crippen LogP contribution is -2.18. The van der Waals surface area contributed by atoms with Crippen molar-refractivity contribution in [2.24, 2.45) is 5.10 Å². The van der Waals surface area contributed by atoms with Gasteiger partial charge in [-0.25, -0.2) is 4.98 Å². The lowest BCUT2D eigenvalue weighted by atomic mass is 10.0. The summed E-state index contributed by atoms with van der Waals surface area (Å²) in [5.74, 6) is 0. The molecule has 0 amide bonds. The van der Waals surface area contributed by atoms with Crippen molar-refractivity contribution in [3.63, 3.8) is 0 Å². The Balaban J connectivity index is 1.81. The van der Waals surface area contributed by atoms with Crippen molar-refractivity contribution in [1.82, 2.24) is 4.98 Å². The highest BCUT2D eigenvalue weighted by atomic mass is 35.5. The molecule has 3 nitrogen and oxygen atoms in total. The maximum Gasteiger partial charge on any atom is 0.185 e. The van der Waals surface area contributed by atoms with Gasteiger partial charge in [-0.1, -0.05) is 76.7 Å². The summed E-state index contributed by atoms with van der Waals surface area (Å²) in [5, 5.41) is 8.20. The van der Waals surface area contributed by atoms with Gasteiger partial charge in [0.25, 0.3) is 0 Å². The fourth-order valence-electron chi connectivity index (χ4n) is 2.92. The first kappa shape index (κ1) is 18.1. The molecule has 1 atom stereocenters. The molecule has 0 bridgehead atoms. The SMILES string of the molecule is Clc1cc(Cl)cc(N2N=C(c3ccccc3)CC2c2sc(Cl)nc2Cl)c1. The largest absolute Gasteiger partial charge is 0.256 e. The van der Waals surface area contributed by atoms with Gasteiger partial charge in [-0.3, -0.25) is 5.01 Å². The number of hydrogen-bond donors (Lipinski definition) is 0. The van der Waals surface area contributed by atoms with Crippen LogP contribution in [0.2, 0.25) is 19.7 Å². The van der Waals surface area contributed by atoms with E-state index in [1.54, 1.807) is 6.07 Å². The first-order valence-corrected chi connectivity index (χ1v) is 10.0. The second-order valence-corrected chi connectivity index (χ2v) is 8.57. The van der Waals surface area contributed by atoms with Crippen molar-refractivity contribution in [2.45, 2.75) is 12.5 Å². The zero-order valence-corrected chi connectivity index (χ0v) is 17.0. The van der Waals surface area contributed by atoms with Gasteiger partial charge in [-0.2, -0.15) is 5.10 Å². The molecular formula is C18H11Cl4N3S. The number of thiazole rings is 1. The van der Waals surface area contributed by atoms with Crippen LogP contribution >= 0.6 is 57.7 Å². The van der Waals surface area contributed by atoms with E-state index in [-0.39, 0.29) is 6.04 Å². The molecule has 3 aromatic rings. The van der Waals surface area contributed by atoms with Crippen LogP contribution in [-0.2, 0) is 0 Å². The summed E-state index contributed by atoms with van der Waals surface area (Å²) in [7, 11) is 0. The van der Waals surface area contributed by atoms with Gasteiger partial charge in [0.05, 0.1) is 22.3 Å². The lowest BCUT2D eigenvalue weighted by molar-refractivity contribution is 0.720. The van der Waals surface area contributed by atoms with Crippen LogP contribution in [-0.4, -0.2) is 10.7 Å². The maximum atomic E-state index is 6.32. The van der Waals surface area contributed by atoms with E-state index in [9.17, 15) is 0 Å². The Kier molecular flexibility index (Phi) is 5.13. The number of hydrogen-bond acceptors (Lipinski definition) is 4. The fourth-order valence-corrected chi connectivity index (χ4v) is 4.96. The van der Waals surface area contributed by atoms with Crippen molar-refractivity contribution in [1.29, 1.82) is 0 Å². The molecule has 132 valence electrons. The second kappa shape index (κ2) is 7.37. The molecule has 0 saturated heterocycles. The molecule has 0 fully saturated rings. The number of benzene rings is 2. The monoisotopic (exact) mass is 441 g/mol. The minimum Gasteiger partial charge on any atom is -0.256 e. The predicted molar refractivity (Wildman–Crippen MR) is 111 cm³/mol. The summed E-state index contributed by atoms with van der Waals surface area (Å²) in [4.78, 5) is 5.00. The van der Waals surface area contributed by atoms with Gasteiger partial charge in [-0.15, -0.1) is 11.3 Å². The maximum absolute atomic E-state index is 6.32. The minimum atomic E-state index is -0.128. The normalized spacial score (nSPS) is 16.8. The van der Waals surface area contributed by atoms with E-state index in [0.29, 0.717) is 26.1 Å². The third-order valence-electron chi connectivity index (χ3n) is 4.02. The van der Waals surface area contributed by atoms with Gasteiger partial charge >= 0.3 is 0 Å². The highest BCUT2D eigenvalue weighted by molar-refractivity contribution is 7.16. The summed E-state index contributed by atoms with van der Waals surface area (Å²) in [6.45, 7) is 0. The third kappa shape index (κ3) is 3.57. The highest BCUT2D eigenvalue weighted by Crippen LogP contribution is 2.43. The van der Waals surface area contributed by atoms with Gasteiger partial charge in [0, 0.05) is 16.5 Å². The van der Waals surface area contributed by atoms with E-state index in [2.05, 4.69) is 4.98 Å². The first-order chi connectivity index (χ1) is 12.5. The van der Waals surface area contributed by atoms with Gasteiger partial charge < -0.3 is 0 Å². The van der Waals surface area contributed by atoms with E-state index in [1.165, 1.54) is 11.3 Å². The van der Waals surface area contributed by atoms with Gasteiger partial charge in [0.2, 0.25) is 0 Å². The molecule has 4 rings (SSSR count). The Morgan fingerprint density at radius 3 is 2.27 bits per heavy atom. The molecule has 1 aromatic heterocycles. The van der Waals surface area contributed by atoms with Crippen LogP contribution in [0.4, 0.5) is 5.69 Å². The number of aromatic nitrogens is 1. The zero-order chi connectivity index (χ0) is 18.3. The second-order valence-electron chi connectivity index (χ2n) is 5.73. The number of nitrogens with zero attached hydrogens (tertiary/aromatic N) is 3. The Bertz CT molecular complexity index is 967. The standard InChI is InChI=1S/C18H11Cl4N3S/c19-11-6-12(20)8-13(7-11)25-15(16-17(21)23-18(22)26-16)9-14(24-25)10-4-2-1-3-5-10/h1-8,15H,9H2. The Morgan fingerprint density at radius 2 is 1.65 bits per heavy atom. The average Bonchev–Trinajstić information content (AvgIpc) is 3.18. The van der Waals surface area contributed by atoms with E-state index < -0.39 is 0 Å². The van der Waals surface area contributed by atoms with Crippen LogP contribution < -0.4 is 5.01 Å². The van der Waals surface area contributed by atoms with Crippen LogP contribution in [0.15, 0.2) is 53.6 Å². The van der Waals surface area contributed by atoms with Crippen molar-refractivity contribution >= 4 is 69.1 Å². The lowest BCUT2D eigenvalue weighted by Gasteiger charge is -2.23. The van der Waals surface area contributed by atoms with Gasteiger partial charge in [0.1, 0.15) is 5.15 Å². The summed E-state index contributed by atoms with van der Waals surface area (Å²) < 4.78 is 0.405. The number of anilines is 1. The fraction of sp³-hybridized carbons (Fsp3) is 0.111. The third-order valence-corrected chi connectivity index (χ3v) is 6.11. The van der Waals surface area contributed by atoms with E-state index in [0.717, 1.165) is 21.8 Å². The molecule has 1 aliphatic rings. The van der Waals surface area contributed by atoms with Crippen molar-refractivity contribution in [3.8, 4) is 0 Å². The molecule has 1 aliphatic heterocycles. The topological polar surface area (TPSA) is 28.5 Å². The summed E-state index contributed by atoms with van der Waals surface area (Å²) >= 11 is 26.1. The molecule has 8 heteroatoms. The van der Waals surface area contributed by atoms with Crippen LogP contribution in [0.1, 0.15) is 22.9 Å². The summed E-state index contributed by atoms with van der Waals surface area (Å²) in [6, 6.07) is 15.2. The quantitative estimate of drug-likeness (QED) is 0.432. The zero-order valence-electron chi connectivity index (χ0n) is 13.2. The molecular weight excluding hydrogens is 432 g/mol. The highest BCUT2D eigenvalue weighted by Gasteiger charge is 2.33. The number of hydrazone groups is 1. The number of rotatable bonds is 3.